The van der Waals surface area contributed by atoms with Gasteiger partial charge in [0.15, 0.2) is 5.76 Å². The van der Waals surface area contributed by atoms with Crippen LogP contribution in [0.5, 0.6) is 5.88 Å². The van der Waals surface area contributed by atoms with Crippen molar-refractivity contribution in [3.63, 3.8) is 0 Å². The fourth-order valence-electron chi connectivity index (χ4n) is 2.25. The predicted molar refractivity (Wildman–Crippen MR) is 79.3 cm³/mol. The lowest BCUT2D eigenvalue weighted by molar-refractivity contribution is 0.398. The number of fused-ring (bicyclic) bond motifs is 1. The molecule has 4 rings (SSSR count). The van der Waals surface area contributed by atoms with Crippen LogP contribution < -0.4 is 4.74 Å². The molecule has 0 radical (unpaired) electrons. The normalized spacial score (nSPS) is 11.0. The van der Waals surface area contributed by atoms with Crippen LogP contribution in [0, 0.1) is 0 Å². The van der Waals surface area contributed by atoms with Crippen LogP contribution in [-0.4, -0.2) is 22.2 Å². The molecule has 0 aliphatic heterocycles. The van der Waals surface area contributed by atoms with Gasteiger partial charge in [-0.25, -0.2) is 4.98 Å². The molecule has 6 nitrogen and oxygen atoms in total. The van der Waals surface area contributed by atoms with Crippen LogP contribution in [0.4, 0.5) is 0 Å². The van der Waals surface area contributed by atoms with Crippen molar-refractivity contribution in [1.82, 2.24) is 15.1 Å². The first-order valence-corrected chi connectivity index (χ1v) is 6.67. The lowest BCUT2D eigenvalue weighted by Crippen LogP contribution is -1.94. The second-order valence-electron chi connectivity index (χ2n) is 4.64. The first-order valence-electron chi connectivity index (χ1n) is 6.67. The topological polar surface area (TPSA) is 74.2 Å². The van der Waals surface area contributed by atoms with Gasteiger partial charge in [0.05, 0.1) is 24.5 Å². The summed E-state index contributed by atoms with van der Waals surface area (Å²) >= 11 is 0. The zero-order valence-corrected chi connectivity index (χ0v) is 11.7. The van der Waals surface area contributed by atoms with Gasteiger partial charge >= 0.3 is 0 Å². The van der Waals surface area contributed by atoms with Gasteiger partial charge < -0.3 is 13.7 Å². The Labute approximate surface area is 125 Å². The van der Waals surface area contributed by atoms with Crippen LogP contribution in [0.15, 0.2) is 57.7 Å². The molecule has 6 heteroatoms. The van der Waals surface area contributed by atoms with E-state index in [0.717, 1.165) is 10.9 Å². The van der Waals surface area contributed by atoms with Crippen molar-refractivity contribution >= 4 is 10.9 Å². The molecule has 3 heterocycles. The van der Waals surface area contributed by atoms with E-state index in [0.29, 0.717) is 28.9 Å². The number of hydrogen-bond acceptors (Lipinski definition) is 6. The second-order valence-corrected chi connectivity index (χ2v) is 4.64. The number of methoxy groups -OCH3 is 1. The Balaban J connectivity index is 1.86. The van der Waals surface area contributed by atoms with Gasteiger partial charge in [-0.05, 0) is 24.3 Å². The van der Waals surface area contributed by atoms with Crippen molar-refractivity contribution in [2.75, 3.05) is 7.11 Å². The maximum absolute atomic E-state index is 5.35. The molecule has 0 saturated heterocycles. The number of hydrogen-bond donors (Lipinski definition) is 0. The molecule has 0 fully saturated rings. The molecule has 0 unspecified atom stereocenters. The van der Waals surface area contributed by atoms with Gasteiger partial charge in [0.1, 0.15) is 0 Å². The second kappa shape index (κ2) is 5.00. The van der Waals surface area contributed by atoms with Gasteiger partial charge in [0, 0.05) is 5.39 Å². The van der Waals surface area contributed by atoms with Crippen LogP contribution in [0.2, 0.25) is 0 Å². The molecule has 0 spiro atoms. The number of benzene rings is 1. The van der Waals surface area contributed by atoms with Gasteiger partial charge in [-0.15, -0.1) is 0 Å². The predicted octanol–water partition coefficient (Wildman–Crippen LogP) is 3.55. The van der Waals surface area contributed by atoms with Crippen molar-refractivity contribution in [3.05, 3.63) is 48.7 Å². The zero-order valence-electron chi connectivity index (χ0n) is 11.7. The molecule has 0 saturated carbocycles. The SMILES string of the molecule is COc1nc2ccccc2cc1-c1noc(-c2ccco2)n1. The number of nitrogens with zero attached hydrogens (tertiary/aromatic N) is 3. The van der Waals surface area contributed by atoms with E-state index in [2.05, 4.69) is 15.1 Å². The van der Waals surface area contributed by atoms with Crippen molar-refractivity contribution in [1.29, 1.82) is 0 Å². The molecular weight excluding hydrogens is 282 g/mol. The summed E-state index contributed by atoms with van der Waals surface area (Å²) in [5.74, 6) is 1.69. The van der Waals surface area contributed by atoms with Crippen LogP contribution in [0.25, 0.3) is 33.9 Å². The van der Waals surface area contributed by atoms with Crippen molar-refractivity contribution in [2.24, 2.45) is 0 Å². The largest absolute Gasteiger partial charge is 0.480 e. The highest BCUT2D eigenvalue weighted by molar-refractivity contribution is 5.84. The molecule has 3 aromatic heterocycles. The summed E-state index contributed by atoms with van der Waals surface area (Å²) in [7, 11) is 1.56. The molecule has 0 aliphatic carbocycles. The van der Waals surface area contributed by atoms with Gasteiger partial charge in [0.2, 0.25) is 11.7 Å². The fourth-order valence-corrected chi connectivity index (χ4v) is 2.25. The lowest BCUT2D eigenvalue weighted by atomic mass is 10.1. The third kappa shape index (κ3) is 2.01. The molecule has 4 aromatic rings. The molecule has 108 valence electrons. The highest BCUT2D eigenvalue weighted by atomic mass is 16.5. The monoisotopic (exact) mass is 293 g/mol. The Kier molecular flexibility index (Phi) is 2.86. The Morgan fingerprint density at radius 1 is 1.05 bits per heavy atom. The van der Waals surface area contributed by atoms with Crippen LogP contribution >= 0.6 is 0 Å². The van der Waals surface area contributed by atoms with Crippen molar-refractivity contribution < 1.29 is 13.7 Å². The van der Waals surface area contributed by atoms with Gasteiger partial charge in [-0.2, -0.15) is 4.98 Å². The third-order valence-corrected chi connectivity index (χ3v) is 3.28. The number of pyridine rings is 1. The van der Waals surface area contributed by atoms with Crippen molar-refractivity contribution in [2.45, 2.75) is 0 Å². The fraction of sp³-hybridized carbons (Fsp3) is 0.0625. The number of aromatic nitrogens is 3. The number of para-hydroxylation sites is 1. The van der Waals surface area contributed by atoms with E-state index in [1.54, 1.807) is 25.5 Å². The summed E-state index contributed by atoms with van der Waals surface area (Å²) < 4.78 is 15.8. The molecular formula is C16H11N3O3. The van der Waals surface area contributed by atoms with Gasteiger partial charge in [-0.1, -0.05) is 23.4 Å². The highest BCUT2D eigenvalue weighted by Crippen LogP contribution is 2.31. The average molecular weight is 293 g/mol. The smallest absolute Gasteiger partial charge is 0.293 e. The molecule has 0 atom stereocenters. The number of rotatable bonds is 3. The van der Waals surface area contributed by atoms with E-state index in [9.17, 15) is 0 Å². The minimum absolute atomic E-state index is 0.315. The molecule has 0 N–H and O–H groups in total. The van der Waals surface area contributed by atoms with Gasteiger partial charge in [-0.3, -0.25) is 0 Å². The molecule has 22 heavy (non-hydrogen) atoms. The van der Waals surface area contributed by atoms with Gasteiger partial charge in [0.25, 0.3) is 5.89 Å². The lowest BCUT2D eigenvalue weighted by Gasteiger charge is -2.06. The molecule has 0 bridgehead atoms. The Morgan fingerprint density at radius 3 is 2.77 bits per heavy atom. The minimum atomic E-state index is 0.315. The average Bonchev–Trinajstić information content (AvgIpc) is 3.24. The van der Waals surface area contributed by atoms with E-state index in [-0.39, 0.29) is 0 Å². The Bertz CT molecular complexity index is 929. The number of ether oxygens (including phenoxy) is 1. The Hall–Kier alpha value is -3.15. The standard InChI is InChI=1S/C16H11N3O3/c1-20-15-11(9-10-5-2-3-6-12(10)17-15)14-18-16(22-19-14)13-7-4-8-21-13/h2-9H,1H3. The molecule has 0 amide bonds. The highest BCUT2D eigenvalue weighted by Gasteiger charge is 2.17. The summed E-state index contributed by atoms with van der Waals surface area (Å²) in [6, 6.07) is 13.2. The third-order valence-electron chi connectivity index (χ3n) is 3.28. The summed E-state index contributed by atoms with van der Waals surface area (Å²) in [5.41, 5.74) is 1.51. The Morgan fingerprint density at radius 2 is 1.95 bits per heavy atom. The van der Waals surface area contributed by atoms with E-state index in [4.69, 9.17) is 13.7 Å². The van der Waals surface area contributed by atoms with E-state index < -0.39 is 0 Å². The van der Waals surface area contributed by atoms with Crippen LogP contribution in [0.1, 0.15) is 0 Å². The minimum Gasteiger partial charge on any atom is -0.480 e. The zero-order chi connectivity index (χ0) is 14.9. The van der Waals surface area contributed by atoms with E-state index in [1.807, 2.05) is 30.3 Å². The summed E-state index contributed by atoms with van der Waals surface area (Å²) in [6.07, 6.45) is 1.55. The molecule has 1 aromatic carbocycles. The maximum atomic E-state index is 5.35. The quantitative estimate of drug-likeness (QED) is 0.575. The van der Waals surface area contributed by atoms with Crippen LogP contribution in [-0.2, 0) is 0 Å². The van der Waals surface area contributed by atoms with E-state index in [1.165, 1.54) is 0 Å². The van der Waals surface area contributed by atoms with Crippen molar-refractivity contribution in [3.8, 4) is 28.9 Å². The number of furan rings is 1. The first-order chi connectivity index (χ1) is 10.8. The summed E-state index contributed by atoms with van der Waals surface area (Å²) in [6.45, 7) is 0. The maximum Gasteiger partial charge on any atom is 0.293 e. The summed E-state index contributed by atoms with van der Waals surface area (Å²) in [4.78, 5) is 8.82. The summed E-state index contributed by atoms with van der Waals surface area (Å²) in [5, 5.41) is 4.97. The van der Waals surface area contributed by atoms with E-state index >= 15 is 0 Å². The first kappa shape index (κ1) is 12.6. The van der Waals surface area contributed by atoms with Crippen LogP contribution in [0.3, 0.4) is 0 Å². The molecule has 0 aliphatic rings.